The summed E-state index contributed by atoms with van der Waals surface area (Å²) in [6, 6.07) is 4.79. The molecule has 0 aliphatic carbocycles. The number of hydrogen-bond acceptors (Lipinski definition) is 4. The monoisotopic (exact) mass is 274 g/mol. The van der Waals surface area contributed by atoms with E-state index in [2.05, 4.69) is 20.6 Å². The molecule has 0 radical (unpaired) electrons. The number of aromatic amines is 2. The lowest BCUT2D eigenvalue weighted by Crippen LogP contribution is -2.35. The highest BCUT2D eigenvalue weighted by Gasteiger charge is 2.21. The fourth-order valence-electron chi connectivity index (χ4n) is 2.33. The lowest BCUT2D eigenvalue weighted by atomic mass is 10.2. The van der Waals surface area contributed by atoms with Gasteiger partial charge in [0.1, 0.15) is 0 Å². The summed E-state index contributed by atoms with van der Waals surface area (Å²) in [4.78, 5) is 39.4. The molecule has 2 heterocycles. The minimum atomic E-state index is -0.710. The maximum Gasteiger partial charge on any atom is 0.314 e. The number of hydrogen-bond donors (Lipinski definition) is 4. The van der Waals surface area contributed by atoms with Gasteiger partial charge in [-0.1, -0.05) is 0 Å². The Kier molecular flexibility index (Phi) is 3.11. The van der Waals surface area contributed by atoms with Crippen LogP contribution in [-0.2, 0) is 4.79 Å². The van der Waals surface area contributed by atoms with E-state index in [1.165, 1.54) is 0 Å². The average molecular weight is 274 g/mol. The fourth-order valence-corrected chi connectivity index (χ4v) is 2.33. The summed E-state index contributed by atoms with van der Waals surface area (Å²) in [5.41, 5.74) is 0.181. The smallest absolute Gasteiger partial charge is 0.314 e. The summed E-state index contributed by atoms with van der Waals surface area (Å²) in [7, 11) is 0. The van der Waals surface area contributed by atoms with Crippen LogP contribution in [0.5, 0.6) is 0 Å². The Balaban J connectivity index is 1.89. The van der Waals surface area contributed by atoms with Gasteiger partial charge in [0, 0.05) is 5.69 Å². The summed E-state index contributed by atoms with van der Waals surface area (Å²) < 4.78 is 0. The largest absolute Gasteiger partial charge is 0.325 e. The van der Waals surface area contributed by atoms with Gasteiger partial charge in [0.15, 0.2) is 0 Å². The first kappa shape index (κ1) is 12.6. The third kappa shape index (κ3) is 2.35. The summed E-state index contributed by atoms with van der Waals surface area (Å²) in [5, 5.41) is 5.91. The van der Waals surface area contributed by atoms with Crippen LogP contribution < -0.4 is 21.8 Å². The first-order chi connectivity index (χ1) is 9.63. The van der Waals surface area contributed by atoms with E-state index in [9.17, 15) is 14.4 Å². The molecule has 1 saturated heterocycles. The number of carbonyl (C=O) groups is 1. The molecule has 1 aliphatic heterocycles. The Morgan fingerprint density at radius 3 is 2.60 bits per heavy atom. The highest BCUT2D eigenvalue weighted by Crippen LogP contribution is 2.15. The third-order valence-corrected chi connectivity index (χ3v) is 3.37. The van der Waals surface area contributed by atoms with Crippen molar-refractivity contribution >= 4 is 22.6 Å². The Bertz CT molecular complexity index is 771. The molecule has 1 aromatic carbocycles. The van der Waals surface area contributed by atoms with E-state index in [4.69, 9.17) is 0 Å². The molecule has 1 aromatic heterocycles. The number of carbonyl (C=O) groups excluding carboxylic acids is 1. The van der Waals surface area contributed by atoms with Gasteiger partial charge in [-0.15, -0.1) is 0 Å². The highest BCUT2D eigenvalue weighted by molar-refractivity contribution is 5.96. The zero-order valence-corrected chi connectivity index (χ0v) is 10.7. The van der Waals surface area contributed by atoms with E-state index >= 15 is 0 Å². The molecule has 2 aromatic rings. The van der Waals surface area contributed by atoms with Gasteiger partial charge >= 0.3 is 11.1 Å². The van der Waals surface area contributed by atoms with Crippen molar-refractivity contribution in [1.82, 2.24) is 15.3 Å². The molecule has 1 aliphatic rings. The SMILES string of the molecule is O=C(Nc1ccc2[nH]c(=O)c(=O)[nH]c2c1)[C@H]1CCCN1. The van der Waals surface area contributed by atoms with Gasteiger partial charge in [0.2, 0.25) is 5.91 Å². The lowest BCUT2D eigenvalue weighted by molar-refractivity contribution is -0.117. The molecule has 0 unspecified atom stereocenters. The molecule has 4 N–H and O–H groups in total. The number of benzene rings is 1. The Labute approximate surface area is 113 Å². The van der Waals surface area contributed by atoms with Gasteiger partial charge in [-0.25, -0.2) is 0 Å². The summed E-state index contributed by atoms with van der Waals surface area (Å²) in [6.45, 7) is 0.852. The number of amides is 1. The molecule has 1 fully saturated rings. The molecule has 7 heteroatoms. The summed E-state index contributed by atoms with van der Waals surface area (Å²) in [6.07, 6.45) is 1.81. The minimum absolute atomic E-state index is 0.0892. The molecule has 3 rings (SSSR count). The number of nitrogens with one attached hydrogen (secondary N) is 4. The van der Waals surface area contributed by atoms with E-state index in [0.29, 0.717) is 16.7 Å². The third-order valence-electron chi connectivity index (χ3n) is 3.37. The second kappa shape index (κ2) is 4.93. The van der Waals surface area contributed by atoms with Crippen LogP contribution in [0.25, 0.3) is 11.0 Å². The van der Waals surface area contributed by atoms with E-state index < -0.39 is 11.1 Å². The Morgan fingerprint density at radius 1 is 1.15 bits per heavy atom. The van der Waals surface area contributed by atoms with Crippen LogP contribution in [0.3, 0.4) is 0 Å². The molecule has 104 valence electrons. The van der Waals surface area contributed by atoms with Gasteiger partial charge in [-0.2, -0.15) is 0 Å². The van der Waals surface area contributed by atoms with Crippen molar-refractivity contribution in [2.75, 3.05) is 11.9 Å². The van der Waals surface area contributed by atoms with Crippen LogP contribution in [0, 0.1) is 0 Å². The second-order valence-electron chi connectivity index (χ2n) is 4.81. The molecule has 7 nitrogen and oxygen atoms in total. The Hall–Kier alpha value is -2.41. The van der Waals surface area contributed by atoms with Crippen molar-refractivity contribution in [2.24, 2.45) is 0 Å². The number of anilines is 1. The fraction of sp³-hybridized carbons (Fsp3) is 0.308. The number of fused-ring (bicyclic) bond motifs is 1. The van der Waals surface area contributed by atoms with Crippen molar-refractivity contribution in [3.63, 3.8) is 0 Å². The number of aromatic nitrogens is 2. The second-order valence-corrected chi connectivity index (χ2v) is 4.81. The standard InChI is InChI=1S/C13H14N4O3/c18-11(9-2-1-5-14-9)15-7-3-4-8-10(6-7)17-13(20)12(19)16-8/h3-4,6,9,14H,1-2,5H2,(H,15,18)(H,16,19)(H,17,20)/t9-/m1/s1. The molecular formula is C13H14N4O3. The molecule has 1 atom stereocenters. The summed E-state index contributed by atoms with van der Waals surface area (Å²) in [5.74, 6) is -0.0892. The maximum absolute atomic E-state index is 12.0. The van der Waals surface area contributed by atoms with Crippen molar-refractivity contribution in [2.45, 2.75) is 18.9 Å². The number of H-pyrrole nitrogens is 2. The van der Waals surface area contributed by atoms with Gasteiger partial charge in [-0.05, 0) is 37.6 Å². The van der Waals surface area contributed by atoms with E-state index in [1.807, 2.05) is 0 Å². The number of rotatable bonds is 2. The zero-order valence-electron chi connectivity index (χ0n) is 10.7. The molecule has 0 spiro atoms. The lowest BCUT2D eigenvalue weighted by Gasteiger charge is -2.11. The molecular weight excluding hydrogens is 260 g/mol. The van der Waals surface area contributed by atoms with Gasteiger partial charge in [-0.3, -0.25) is 14.4 Å². The molecule has 20 heavy (non-hydrogen) atoms. The van der Waals surface area contributed by atoms with Crippen molar-refractivity contribution in [3.8, 4) is 0 Å². The predicted octanol–water partition coefficient (Wildman–Crippen LogP) is -0.0931. The highest BCUT2D eigenvalue weighted by atomic mass is 16.2. The maximum atomic E-state index is 12.0. The quantitative estimate of drug-likeness (QED) is 0.574. The van der Waals surface area contributed by atoms with Gasteiger partial charge in [0.25, 0.3) is 0 Å². The summed E-state index contributed by atoms with van der Waals surface area (Å²) >= 11 is 0. The van der Waals surface area contributed by atoms with Crippen LogP contribution in [0.2, 0.25) is 0 Å². The van der Waals surface area contributed by atoms with Gasteiger partial charge in [0.05, 0.1) is 17.1 Å². The normalized spacial score (nSPS) is 18.3. The van der Waals surface area contributed by atoms with Crippen molar-refractivity contribution < 1.29 is 4.79 Å². The van der Waals surface area contributed by atoms with E-state index in [1.54, 1.807) is 18.2 Å². The van der Waals surface area contributed by atoms with Gasteiger partial charge < -0.3 is 20.6 Å². The van der Waals surface area contributed by atoms with Crippen LogP contribution in [0.15, 0.2) is 27.8 Å². The molecule has 1 amide bonds. The topological polar surface area (TPSA) is 107 Å². The molecule has 0 bridgehead atoms. The van der Waals surface area contributed by atoms with Crippen LogP contribution >= 0.6 is 0 Å². The van der Waals surface area contributed by atoms with Crippen LogP contribution in [0.1, 0.15) is 12.8 Å². The molecule has 0 saturated carbocycles. The predicted molar refractivity (Wildman–Crippen MR) is 74.8 cm³/mol. The van der Waals surface area contributed by atoms with Crippen molar-refractivity contribution in [1.29, 1.82) is 0 Å². The van der Waals surface area contributed by atoms with Crippen molar-refractivity contribution in [3.05, 3.63) is 38.9 Å². The van der Waals surface area contributed by atoms with E-state index in [0.717, 1.165) is 19.4 Å². The first-order valence-electron chi connectivity index (χ1n) is 6.44. The Morgan fingerprint density at radius 2 is 1.90 bits per heavy atom. The zero-order chi connectivity index (χ0) is 14.1. The first-order valence-corrected chi connectivity index (χ1v) is 6.44. The minimum Gasteiger partial charge on any atom is -0.325 e. The van der Waals surface area contributed by atoms with E-state index in [-0.39, 0.29) is 11.9 Å². The van der Waals surface area contributed by atoms with Crippen LogP contribution in [-0.4, -0.2) is 28.5 Å². The average Bonchev–Trinajstić information content (AvgIpc) is 2.94. The van der Waals surface area contributed by atoms with Crippen LogP contribution in [0.4, 0.5) is 5.69 Å².